The van der Waals surface area contributed by atoms with Crippen LogP contribution < -0.4 is 14.8 Å². The predicted octanol–water partition coefficient (Wildman–Crippen LogP) is 4.52. The monoisotopic (exact) mass is 433 g/mol. The molecule has 1 fully saturated rings. The molecule has 1 amide bonds. The van der Waals surface area contributed by atoms with E-state index in [-0.39, 0.29) is 11.9 Å². The molecule has 1 unspecified atom stereocenters. The minimum absolute atomic E-state index is 0.0942. The summed E-state index contributed by atoms with van der Waals surface area (Å²) in [4.78, 5) is 20.2. The molecule has 0 saturated carbocycles. The molecule has 4 rings (SSSR count). The largest absolute Gasteiger partial charge is 0.497 e. The van der Waals surface area contributed by atoms with Crippen molar-refractivity contribution >= 4 is 16.8 Å². The highest BCUT2D eigenvalue weighted by Gasteiger charge is 2.23. The number of piperidine rings is 1. The molecule has 0 spiro atoms. The fraction of sp³-hybridized carbons (Fsp3) is 0.385. The van der Waals surface area contributed by atoms with Gasteiger partial charge in [-0.1, -0.05) is 18.6 Å². The second kappa shape index (κ2) is 10.0. The van der Waals surface area contributed by atoms with Crippen molar-refractivity contribution in [3.8, 4) is 11.5 Å². The number of aryl methyl sites for hydroxylation is 1. The van der Waals surface area contributed by atoms with Gasteiger partial charge in [-0.3, -0.25) is 14.7 Å². The first-order valence-electron chi connectivity index (χ1n) is 11.2. The van der Waals surface area contributed by atoms with Crippen molar-refractivity contribution in [1.29, 1.82) is 0 Å². The number of nitrogens with zero attached hydrogens (tertiary/aromatic N) is 2. The summed E-state index contributed by atoms with van der Waals surface area (Å²) in [6.07, 6.45) is 3.65. The molecule has 32 heavy (non-hydrogen) atoms. The summed E-state index contributed by atoms with van der Waals surface area (Å²) in [6, 6.07) is 15.9. The van der Waals surface area contributed by atoms with Crippen LogP contribution in [0, 0.1) is 6.92 Å². The maximum atomic E-state index is 13.1. The lowest BCUT2D eigenvalue weighted by Crippen LogP contribution is -2.40. The van der Waals surface area contributed by atoms with Gasteiger partial charge in [-0.2, -0.15) is 0 Å². The van der Waals surface area contributed by atoms with E-state index in [1.165, 1.54) is 24.8 Å². The molecule has 1 aliphatic heterocycles. The Morgan fingerprint density at radius 3 is 2.38 bits per heavy atom. The van der Waals surface area contributed by atoms with Crippen LogP contribution in [0.1, 0.15) is 46.9 Å². The Balaban J connectivity index is 1.54. The van der Waals surface area contributed by atoms with Crippen LogP contribution in [-0.2, 0) is 0 Å². The zero-order valence-electron chi connectivity index (χ0n) is 19.1. The van der Waals surface area contributed by atoms with E-state index < -0.39 is 0 Å². The summed E-state index contributed by atoms with van der Waals surface area (Å²) in [7, 11) is 3.31. The van der Waals surface area contributed by atoms with Crippen molar-refractivity contribution < 1.29 is 14.3 Å². The van der Waals surface area contributed by atoms with Gasteiger partial charge in [0, 0.05) is 18.0 Å². The summed E-state index contributed by atoms with van der Waals surface area (Å²) in [5, 5.41) is 4.10. The Bertz CT molecular complexity index is 1080. The molecule has 1 atom stereocenters. The van der Waals surface area contributed by atoms with Gasteiger partial charge in [0.15, 0.2) is 0 Å². The van der Waals surface area contributed by atoms with Crippen LogP contribution >= 0.6 is 0 Å². The molecule has 6 nitrogen and oxygen atoms in total. The van der Waals surface area contributed by atoms with Crippen LogP contribution in [0.5, 0.6) is 11.5 Å². The van der Waals surface area contributed by atoms with Crippen molar-refractivity contribution in [3.05, 3.63) is 65.4 Å². The summed E-state index contributed by atoms with van der Waals surface area (Å²) >= 11 is 0. The molecule has 1 saturated heterocycles. The number of aromatic nitrogens is 1. The maximum absolute atomic E-state index is 13.1. The highest BCUT2D eigenvalue weighted by atomic mass is 16.5. The molecule has 168 valence electrons. The number of benzene rings is 2. The molecule has 0 bridgehead atoms. The van der Waals surface area contributed by atoms with Gasteiger partial charge < -0.3 is 14.8 Å². The Kier molecular flexibility index (Phi) is 6.90. The van der Waals surface area contributed by atoms with E-state index in [0.29, 0.717) is 17.8 Å². The van der Waals surface area contributed by atoms with Gasteiger partial charge in [0.1, 0.15) is 11.5 Å². The molecule has 2 heterocycles. The lowest BCUT2D eigenvalue weighted by atomic mass is 10.0. The molecular weight excluding hydrogens is 402 g/mol. The van der Waals surface area contributed by atoms with Gasteiger partial charge in [0.2, 0.25) is 0 Å². The van der Waals surface area contributed by atoms with E-state index in [4.69, 9.17) is 9.47 Å². The van der Waals surface area contributed by atoms with Gasteiger partial charge in [-0.25, -0.2) is 0 Å². The van der Waals surface area contributed by atoms with Crippen LogP contribution in [-0.4, -0.2) is 49.6 Å². The third-order valence-corrected chi connectivity index (χ3v) is 6.25. The second-order valence-electron chi connectivity index (χ2n) is 8.28. The van der Waals surface area contributed by atoms with Crippen LogP contribution in [0.4, 0.5) is 0 Å². The second-order valence-corrected chi connectivity index (χ2v) is 8.28. The number of carbonyl (C=O) groups is 1. The number of ether oxygens (including phenoxy) is 2. The number of fused-ring (bicyclic) bond motifs is 1. The fourth-order valence-corrected chi connectivity index (χ4v) is 4.40. The number of hydrogen-bond donors (Lipinski definition) is 1. The van der Waals surface area contributed by atoms with Crippen molar-refractivity contribution in [3.63, 3.8) is 0 Å². The summed E-state index contributed by atoms with van der Waals surface area (Å²) in [5.74, 6) is 1.50. The number of nitrogens with one attached hydrogen (secondary N) is 1. The van der Waals surface area contributed by atoms with Crippen molar-refractivity contribution in [2.24, 2.45) is 0 Å². The summed E-state index contributed by atoms with van der Waals surface area (Å²) in [5.41, 5.74) is 3.33. The zero-order valence-corrected chi connectivity index (χ0v) is 19.1. The molecule has 1 aromatic heterocycles. The normalized spacial score (nSPS) is 15.3. The minimum Gasteiger partial charge on any atom is -0.497 e. The fourth-order valence-electron chi connectivity index (χ4n) is 4.40. The van der Waals surface area contributed by atoms with E-state index in [0.717, 1.165) is 35.5 Å². The first-order valence-corrected chi connectivity index (χ1v) is 11.2. The van der Waals surface area contributed by atoms with Gasteiger partial charge in [-0.05, 0) is 68.8 Å². The number of hydrogen-bond acceptors (Lipinski definition) is 5. The molecule has 2 aromatic carbocycles. The molecule has 0 aliphatic carbocycles. The molecule has 3 aromatic rings. The van der Waals surface area contributed by atoms with Crippen molar-refractivity contribution in [2.45, 2.75) is 32.2 Å². The highest BCUT2D eigenvalue weighted by Crippen LogP contribution is 2.26. The molecule has 6 heteroatoms. The Labute approximate surface area is 189 Å². The minimum atomic E-state index is -0.0942. The number of rotatable bonds is 7. The van der Waals surface area contributed by atoms with Crippen LogP contribution in [0.2, 0.25) is 0 Å². The van der Waals surface area contributed by atoms with E-state index in [9.17, 15) is 4.79 Å². The van der Waals surface area contributed by atoms with E-state index in [2.05, 4.69) is 27.3 Å². The zero-order chi connectivity index (χ0) is 22.5. The lowest BCUT2D eigenvalue weighted by molar-refractivity contribution is 0.0923. The quantitative estimate of drug-likeness (QED) is 0.594. The SMILES string of the molecule is COc1ccc(C(CNC(=O)c2cc3ccc(OC)cc3nc2C)N2CCCCC2)cc1. The maximum Gasteiger partial charge on any atom is 0.253 e. The molecule has 1 N–H and O–H groups in total. The van der Waals surface area contributed by atoms with Crippen LogP contribution in [0.25, 0.3) is 10.9 Å². The first-order chi connectivity index (χ1) is 15.6. The standard InChI is InChI=1S/C26H31N3O3/c1-18-23(15-20-9-12-22(32-3)16-24(20)28-18)26(30)27-17-25(29-13-5-4-6-14-29)19-7-10-21(31-2)11-8-19/h7-12,15-16,25H,4-6,13-14,17H2,1-3H3,(H,27,30). The highest BCUT2D eigenvalue weighted by molar-refractivity contribution is 5.98. The number of likely N-dealkylation sites (tertiary alicyclic amines) is 1. The van der Waals surface area contributed by atoms with Gasteiger partial charge in [0.05, 0.1) is 37.0 Å². The Hall–Kier alpha value is -3.12. The number of carbonyl (C=O) groups excluding carboxylic acids is 1. The third-order valence-electron chi connectivity index (χ3n) is 6.25. The topological polar surface area (TPSA) is 63.7 Å². The van der Waals surface area contributed by atoms with E-state index in [1.807, 2.05) is 43.3 Å². The summed E-state index contributed by atoms with van der Waals surface area (Å²) < 4.78 is 10.6. The molecule has 1 aliphatic rings. The van der Waals surface area contributed by atoms with Crippen LogP contribution in [0.15, 0.2) is 48.5 Å². The average molecular weight is 434 g/mol. The number of methoxy groups -OCH3 is 2. The molecular formula is C26H31N3O3. The Morgan fingerprint density at radius 1 is 1.00 bits per heavy atom. The summed E-state index contributed by atoms with van der Waals surface area (Å²) in [6.45, 7) is 4.51. The van der Waals surface area contributed by atoms with E-state index >= 15 is 0 Å². The first kappa shape index (κ1) is 22.1. The molecule has 0 radical (unpaired) electrons. The van der Waals surface area contributed by atoms with Gasteiger partial charge in [-0.15, -0.1) is 0 Å². The van der Waals surface area contributed by atoms with Crippen molar-refractivity contribution in [2.75, 3.05) is 33.9 Å². The Morgan fingerprint density at radius 2 is 1.69 bits per heavy atom. The number of pyridine rings is 1. The third kappa shape index (κ3) is 4.86. The van der Waals surface area contributed by atoms with E-state index in [1.54, 1.807) is 14.2 Å². The number of amides is 1. The van der Waals surface area contributed by atoms with Gasteiger partial charge >= 0.3 is 0 Å². The average Bonchev–Trinajstić information content (AvgIpc) is 2.84. The van der Waals surface area contributed by atoms with Crippen molar-refractivity contribution in [1.82, 2.24) is 15.2 Å². The predicted molar refractivity (Wildman–Crippen MR) is 127 cm³/mol. The van der Waals surface area contributed by atoms with Gasteiger partial charge in [0.25, 0.3) is 5.91 Å². The lowest BCUT2D eigenvalue weighted by Gasteiger charge is -2.35. The van der Waals surface area contributed by atoms with Crippen LogP contribution in [0.3, 0.4) is 0 Å². The smallest absolute Gasteiger partial charge is 0.253 e.